The highest BCUT2D eigenvalue weighted by Crippen LogP contribution is 2.14. The van der Waals surface area contributed by atoms with Crippen molar-refractivity contribution in [1.29, 1.82) is 0 Å². The number of fused-ring (bicyclic) bond motifs is 1. The number of anilines is 1. The average molecular weight is 299 g/mol. The predicted octanol–water partition coefficient (Wildman–Crippen LogP) is 2.09. The second-order valence-electron chi connectivity index (χ2n) is 5.86. The quantitative estimate of drug-likeness (QED) is 0.907. The van der Waals surface area contributed by atoms with Crippen LogP contribution in [0.15, 0.2) is 30.3 Å². The maximum Gasteiger partial charge on any atom is 0.320 e. The lowest BCUT2D eigenvalue weighted by molar-refractivity contribution is 0.249. The Balaban J connectivity index is 1.48. The van der Waals surface area contributed by atoms with Gasteiger partial charge in [-0.25, -0.2) is 4.79 Å². The van der Waals surface area contributed by atoms with E-state index in [2.05, 4.69) is 32.7 Å². The first-order valence-electron chi connectivity index (χ1n) is 7.70. The third kappa shape index (κ3) is 3.71. The third-order valence-electron chi connectivity index (χ3n) is 3.96. The molecule has 1 aromatic carbocycles. The number of rotatable bonds is 4. The standard InChI is InChI=1S/C16H21N5O/c1-12-6-8-21(11-12)9-7-17-16(22)18-15-10-13-4-2-3-5-14(13)19-20-15/h2-5,10,12H,6-9,11H2,1H3,(H2,17,18,20,22)/t12-/m0/s1. The van der Waals surface area contributed by atoms with Crippen LogP contribution in [0, 0.1) is 5.92 Å². The van der Waals surface area contributed by atoms with Gasteiger partial charge in [-0.3, -0.25) is 5.32 Å². The number of nitrogens with one attached hydrogen (secondary N) is 2. The summed E-state index contributed by atoms with van der Waals surface area (Å²) in [6, 6.07) is 9.27. The second kappa shape index (κ2) is 6.70. The monoisotopic (exact) mass is 299 g/mol. The molecule has 0 bridgehead atoms. The number of hydrogen-bond donors (Lipinski definition) is 2. The maximum atomic E-state index is 11.9. The molecule has 3 rings (SSSR count). The molecule has 0 unspecified atom stereocenters. The van der Waals surface area contributed by atoms with Gasteiger partial charge in [0.15, 0.2) is 5.82 Å². The van der Waals surface area contributed by atoms with Crippen LogP contribution >= 0.6 is 0 Å². The number of hydrogen-bond acceptors (Lipinski definition) is 4. The number of nitrogens with zero attached hydrogens (tertiary/aromatic N) is 3. The lowest BCUT2D eigenvalue weighted by Gasteiger charge is -2.15. The van der Waals surface area contributed by atoms with Crippen molar-refractivity contribution >= 4 is 22.8 Å². The van der Waals surface area contributed by atoms with Gasteiger partial charge in [0, 0.05) is 25.0 Å². The summed E-state index contributed by atoms with van der Waals surface area (Å²) < 4.78 is 0. The summed E-state index contributed by atoms with van der Waals surface area (Å²) in [4.78, 5) is 14.3. The number of carbonyl (C=O) groups excluding carboxylic acids is 1. The zero-order valence-corrected chi connectivity index (χ0v) is 12.7. The average Bonchev–Trinajstić information content (AvgIpc) is 2.92. The van der Waals surface area contributed by atoms with E-state index in [4.69, 9.17) is 0 Å². The van der Waals surface area contributed by atoms with Crippen LogP contribution in [0.5, 0.6) is 0 Å². The number of benzene rings is 1. The Morgan fingerprint density at radius 1 is 1.36 bits per heavy atom. The van der Waals surface area contributed by atoms with Crippen LogP contribution in [0.25, 0.3) is 10.9 Å². The molecule has 116 valence electrons. The first kappa shape index (κ1) is 14.7. The maximum absolute atomic E-state index is 11.9. The molecular formula is C16H21N5O. The van der Waals surface area contributed by atoms with Crippen LogP contribution in [0.3, 0.4) is 0 Å². The minimum absolute atomic E-state index is 0.239. The van der Waals surface area contributed by atoms with E-state index >= 15 is 0 Å². The van der Waals surface area contributed by atoms with E-state index in [1.165, 1.54) is 6.42 Å². The molecular weight excluding hydrogens is 278 g/mol. The van der Waals surface area contributed by atoms with Gasteiger partial charge in [0.05, 0.1) is 5.52 Å². The van der Waals surface area contributed by atoms with Gasteiger partial charge in [0.25, 0.3) is 0 Å². The third-order valence-corrected chi connectivity index (χ3v) is 3.96. The molecule has 1 aliphatic heterocycles. The van der Waals surface area contributed by atoms with E-state index in [1.54, 1.807) is 0 Å². The minimum Gasteiger partial charge on any atom is -0.337 e. The topological polar surface area (TPSA) is 70.2 Å². The Morgan fingerprint density at radius 3 is 3.05 bits per heavy atom. The zero-order valence-electron chi connectivity index (χ0n) is 12.7. The fourth-order valence-electron chi connectivity index (χ4n) is 2.76. The minimum atomic E-state index is -0.239. The van der Waals surface area contributed by atoms with Gasteiger partial charge < -0.3 is 10.2 Å². The van der Waals surface area contributed by atoms with Crippen LogP contribution in [0.1, 0.15) is 13.3 Å². The van der Waals surface area contributed by atoms with E-state index in [-0.39, 0.29) is 6.03 Å². The van der Waals surface area contributed by atoms with Crippen molar-refractivity contribution in [3.8, 4) is 0 Å². The Labute approximate surface area is 129 Å². The molecule has 2 heterocycles. The molecule has 2 amide bonds. The molecule has 6 heteroatoms. The van der Waals surface area contributed by atoms with E-state index in [1.807, 2.05) is 30.3 Å². The van der Waals surface area contributed by atoms with Crippen LogP contribution in [-0.4, -0.2) is 47.3 Å². The van der Waals surface area contributed by atoms with Gasteiger partial charge in [-0.05, 0) is 31.0 Å². The Hall–Kier alpha value is -2.21. The van der Waals surface area contributed by atoms with Gasteiger partial charge in [-0.2, -0.15) is 0 Å². The molecule has 0 saturated carbocycles. The summed E-state index contributed by atoms with van der Waals surface area (Å²) in [6.45, 7) is 6.04. The van der Waals surface area contributed by atoms with Crippen molar-refractivity contribution in [1.82, 2.24) is 20.4 Å². The summed E-state index contributed by atoms with van der Waals surface area (Å²) in [5.41, 5.74) is 0.816. The highest BCUT2D eigenvalue weighted by molar-refractivity contribution is 5.90. The number of amides is 2. The van der Waals surface area contributed by atoms with Crippen molar-refractivity contribution in [2.75, 3.05) is 31.5 Å². The van der Waals surface area contributed by atoms with Gasteiger partial charge in [0.2, 0.25) is 0 Å². The van der Waals surface area contributed by atoms with Gasteiger partial charge in [-0.1, -0.05) is 25.1 Å². The van der Waals surface area contributed by atoms with E-state index in [9.17, 15) is 4.79 Å². The fourth-order valence-corrected chi connectivity index (χ4v) is 2.76. The van der Waals surface area contributed by atoms with Crippen molar-refractivity contribution in [2.45, 2.75) is 13.3 Å². The molecule has 2 aromatic rings. The fraction of sp³-hybridized carbons (Fsp3) is 0.438. The lowest BCUT2D eigenvalue weighted by atomic mass is 10.2. The molecule has 0 aliphatic carbocycles. The molecule has 1 aromatic heterocycles. The van der Waals surface area contributed by atoms with E-state index in [0.29, 0.717) is 12.4 Å². The molecule has 0 radical (unpaired) electrons. The van der Waals surface area contributed by atoms with Gasteiger partial charge in [0.1, 0.15) is 0 Å². The molecule has 6 nitrogen and oxygen atoms in total. The van der Waals surface area contributed by atoms with Crippen molar-refractivity contribution in [2.24, 2.45) is 5.92 Å². The number of carbonyl (C=O) groups is 1. The second-order valence-corrected chi connectivity index (χ2v) is 5.86. The number of aromatic nitrogens is 2. The number of urea groups is 1. The molecule has 1 fully saturated rings. The summed E-state index contributed by atoms with van der Waals surface area (Å²) in [5.74, 6) is 1.23. The molecule has 22 heavy (non-hydrogen) atoms. The summed E-state index contributed by atoms with van der Waals surface area (Å²) in [6.07, 6.45) is 1.25. The van der Waals surface area contributed by atoms with Crippen molar-refractivity contribution in [3.63, 3.8) is 0 Å². The molecule has 1 atom stereocenters. The molecule has 0 spiro atoms. The Morgan fingerprint density at radius 2 is 2.23 bits per heavy atom. The van der Waals surface area contributed by atoms with Crippen LogP contribution in [0.2, 0.25) is 0 Å². The highest BCUT2D eigenvalue weighted by atomic mass is 16.2. The Kier molecular flexibility index (Phi) is 4.48. The highest BCUT2D eigenvalue weighted by Gasteiger charge is 2.17. The first-order valence-corrected chi connectivity index (χ1v) is 7.70. The summed E-state index contributed by atoms with van der Waals surface area (Å²) in [5, 5.41) is 14.6. The summed E-state index contributed by atoms with van der Waals surface area (Å²) >= 11 is 0. The van der Waals surface area contributed by atoms with E-state index < -0.39 is 0 Å². The number of likely N-dealkylation sites (tertiary alicyclic amines) is 1. The van der Waals surface area contributed by atoms with Gasteiger partial charge in [-0.15, -0.1) is 10.2 Å². The lowest BCUT2D eigenvalue weighted by Crippen LogP contribution is -2.36. The van der Waals surface area contributed by atoms with Crippen molar-refractivity contribution in [3.05, 3.63) is 30.3 Å². The SMILES string of the molecule is C[C@H]1CCN(CCNC(=O)Nc2cc3ccccc3nn2)C1. The van der Waals surface area contributed by atoms with Crippen LogP contribution in [-0.2, 0) is 0 Å². The van der Waals surface area contributed by atoms with Crippen LogP contribution in [0.4, 0.5) is 10.6 Å². The zero-order chi connectivity index (χ0) is 15.4. The van der Waals surface area contributed by atoms with Gasteiger partial charge >= 0.3 is 6.03 Å². The smallest absolute Gasteiger partial charge is 0.320 e. The molecule has 1 saturated heterocycles. The van der Waals surface area contributed by atoms with Crippen molar-refractivity contribution < 1.29 is 4.79 Å². The molecule has 1 aliphatic rings. The summed E-state index contributed by atoms with van der Waals surface area (Å²) in [7, 11) is 0. The van der Waals surface area contributed by atoms with E-state index in [0.717, 1.165) is 36.5 Å². The largest absolute Gasteiger partial charge is 0.337 e. The normalized spacial score (nSPS) is 18.5. The Bertz CT molecular complexity index is 660. The van der Waals surface area contributed by atoms with Crippen LogP contribution < -0.4 is 10.6 Å². The molecule has 2 N–H and O–H groups in total. The first-order chi connectivity index (χ1) is 10.7. The predicted molar refractivity (Wildman–Crippen MR) is 86.8 cm³/mol.